The molecule has 0 spiro atoms. The number of rotatable bonds is 11. The van der Waals surface area contributed by atoms with Crippen molar-refractivity contribution in [2.45, 2.75) is 57.8 Å². The van der Waals surface area contributed by atoms with Crippen LogP contribution in [0.5, 0.6) is 0 Å². The molecule has 1 saturated heterocycles. The van der Waals surface area contributed by atoms with E-state index >= 15 is 0 Å². The summed E-state index contributed by atoms with van der Waals surface area (Å²) in [5, 5.41) is 2.99. The van der Waals surface area contributed by atoms with E-state index < -0.39 is 48.1 Å². The van der Waals surface area contributed by atoms with Gasteiger partial charge >= 0.3 is 13.3 Å². The highest BCUT2D eigenvalue weighted by Crippen LogP contribution is 2.59. The zero-order valence-corrected chi connectivity index (χ0v) is 31.8. The number of thiophene rings is 1. The standard InChI is InChI=1S/C38H43F2N4O7PS/c1-37(2,3)33(41-34(46)31-23-26-22-27(15-18-30(26)53-31)38(39,40)52(49,50)51)36(48)44-20-9-12-29(44)35(47)43(21-19-32(45)42(4)5)28-16-13-25(14-17-28)24-10-7-6-8-11-24/h6-8,10-11,13-18,22-23,29,33H,9,12,19-21H2,1-5H3,(H,41,46)(H2,49,50,51)/t29-,33?/m0/s1. The average Bonchev–Trinajstić information content (AvgIpc) is 3.77. The number of alkyl halides is 2. The van der Waals surface area contributed by atoms with Crippen molar-refractivity contribution in [2.24, 2.45) is 5.41 Å². The van der Waals surface area contributed by atoms with Gasteiger partial charge in [-0.2, -0.15) is 8.78 Å². The van der Waals surface area contributed by atoms with E-state index in [-0.39, 0.29) is 41.6 Å². The van der Waals surface area contributed by atoms with Crippen LogP contribution < -0.4 is 10.2 Å². The highest BCUT2D eigenvalue weighted by Gasteiger charge is 2.50. The maximum absolute atomic E-state index is 14.4. The molecule has 2 atom stereocenters. The summed E-state index contributed by atoms with van der Waals surface area (Å²) in [7, 11) is -2.52. The summed E-state index contributed by atoms with van der Waals surface area (Å²) >= 11 is 0.977. The van der Waals surface area contributed by atoms with Crippen molar-refractivity contribution >= 4 is 58.3 Å². The fraction of sp³-hybridized carbons (Fsp3) is 0.368. The number of carbonyl (C=O) groups is 4. The van der Waals surface area contributed by atoms with Crippen molar-refractivity contribution in [2.75, 3.05) is 32.1 Å². The molecule has 53 heavy (non-hydrogen) atoms. The number of benzene rings is 3. The second kappa shape index (κ2) is 15.5. The van der Waals surface area contributed by atoms with Crippen molar-refractivity contribution in [3.8, 4) is 11.1 Å². The zero-order chi connectivity index (χ0) is 38.9. The number of carbonyl (C=O) groups excluding carboxylic acids is 4. The van der Waals surface area contributed by atoms with Crippen LogP contribution in [0.4, 0.5) is 14.5 Å². The van der Waals surface area contributed by atoms with Crippen molar-refractivity contribution in [3.63, 3.8) is 0 Å². The number of nitrogens with one attached hydrogen (secondary N) is 1. The molecule has 282 valence electrons. The van der Waals surface area contributed by atoms with Gasteiger partial charge in [0.2, 0.25) is 17.7 Å². The van der Waals surface area contributed by atoms with Crippen molar-refractivity contribution in [1.82, 2.24) is 15.1 Å². The van der Waals surface area contributed by atoms with Gasteiger partial charge in [-0.15, -0.1) is 11.3 Å². The van der Waals surface area contributed by atoms with E-state index in [1.807, 2.05) is 54.6 Å². The second-order valence-electron chi connectivity index (χ2n) is 14.4. The summed E-state index contributed by atoms with van der Waals surface area (Å²) in [4.78, 5) is 77.9. The Morgan fingerprint density at radius 2 is 1.60 bits per heavy atom. The zero-order valence-electron chi connectivity index (χ0n) is 30.1. The molecule has 1 fully saturated rings. The molecular weight excluding hydrogens is 725 g/mol. The molecule has 11 nitrogen and oxygen atoms in total. The van der Waals surface area contributed by atoms with E-state index in [2.05, 4.69) is 5.32 Å². The van der Waals surface area contributed by atoms with Gasteiger partial charge < -0.3 is 29.8 Å². The summed E-state index contributed by atoms with van der Waals surface area (Å²) in [5.41, 5.74) is -3.59. The number of likely N-dealkylation sites (tertiary alicyclic amines) is 1. The first-order valence-electron chi connectivity index (χ1n) is 17.1. The van der Waals surface area contributed by atoms with Gasteiger partial charge in [0, 0.05) is 49.6 Å². The van der Waals surface area contributed by atoms with Crippen LogP contribution in [0, 0.1) is 5.41 Å². The molecule has 1 unspecified atom stereocenters. The average molecular weight is 769 g/mol. The van der Waals surface area contributed by atoms with E-state index in [4.69, 9.17) is 9.79 Å². The molecule has 1 aromatic heterocycles. The predicted molar refractivity (Wildman–Crippen MR) is 201 cm³/mol. The van der Waals surface area contributed by atoms with Gasteiger partial charge in [0.05, 0.1) is 4.88 Å². The molecule has 4 aromatic rings. The van der Waals surface area contributed by atoms with Crippen LogP contribution in [-0.4, -0.2) is 82.5 Å². The highest BCUT2D eigenvalue weighted by molar-refractivity contribution is 7.52. The number of hydrogen-bond donors (Lipinski definition) is 3. The molecule has 1 aliphatic rings. The van der Waals surface area contributed by atoms with E-state index in [0.29, 0.717) is 23.2 Å². The Morgan fingerprint density at radius 3 is 2.21 bits per heavy atom. The lowest BCUT2D eigenvalue weighted by atomic mass is 9.85. The van der Waals surface area contributed by atoms with Gasteiger partial charge in [0.25, 0.3) is 5.91 Å². The van der Waals surface area contributed by atoms with Crippen LogP contribution >= 0.6 is 18.9 Å². The summed E-state index contributed by atoms with van der Waals surface area (Å²) in [6, 6.07) is 19.7. The van der Waals surface area contributed by atoms with Gasteiger partial charge in [0.1, 0.15) is 12.1 Å². The van der Waals surface area contributed by atoms with Crippen LogP contribution in [0.25, 0.3) is 21.2 Å². The summed E-state index contributed by atoms with van der Waals surface area (Å²) in [6.45, 7) is 5.69. The fourth-order valence-corrected chi connectivity index (χ4v) is 7.68. The Bertz CT molecular complexity index is 2040. The Morgan fingerprint density at radius 1 is 0.962 bits per heavy atom. The molecule has 15 heteroatoms. The van der Waals surface area contributed by atoms with Crippen LogP contribution in [0.3, 0.4) is 0 Å². The number of halogens is 2. The minimum atomic E-state index is -5.80. The maximum atomic E-state index is 14.4. The molecule has 5 rings (SSSR count). The van der Waals surface area contributed by atoms with Crippen molar-refractivity contribution < 1.29 is 42.3 Å². The molecule has 0 radical (unpaired) electrons. The summed E-state index contributed by atoms with van der Waals surface area (Å²) in [6.07, 6.45) is 0.990. The first-order valence-corrected chi connectivity index (χ1v) is 19.5. The molecule has 2 heterocycles. The Labute approximate surface area is 310 Å². The van der Waals surface area contributed by atoms with Crippen LogP contribution in [-0.2, 0) is 24.6 Å². The third kappa shape index (κ3) is 8.67. The summed E-state index contributed by atoms with van der Waals surface area (Å²) in [5.74, 6) is -1.62. The lowest BCUT2D eigenvalue weighted by Crippen LogP contribution is -2.58. The van der Waals surface area contributed by atoms with E-state index in [1.165, 1.54) is 21.9 Å². The van der Waals surface area contributed by atoms with Crippen LogP contribution in [0.1, 0.15) is 55.3 Å². The lowest BCUT2D eigenvalue weighted by molar-refractivity contribution is -0.141. The smallest absolute Gasteiger partial charge is 0.349 e. The first kappa shape index (κ1) is 39.7. The van der Waals surface area contributed by atoms with Gasteiger partial charge in [-0.1, -0.05) is 69.3 Å². The monoisotopic (exact) mass is 768 g/mol. The molecule has 0 aliphatic carbocycles. The minimum Gasteiger partial charge on any atom is -0.349 e. The van der Waals surface area contributed by atoms with Crippen molar-refractivity contribution in [1.29, 1.82) is 0 Å². The maximum Gasteiger partial charge on any atom is 0.399 e. The van der Waals surface area contributed by atoms with E-state index in [0.717, 1.165) is 34.6 Å². The summed E-state index contributed by atoms with van der Waals surface area (Å²) < 4.78 is 40.6. The third-order valence-electron chi connectivity index (χ3n) is 9.26. The molecule has 1 aliphatic heterocycles. The molecule has 0 saturated carbocycles. The van der Waals surface area contributed by atoms with Gasteiger partial charge in [-0.3, -0.25) is 23.7 Å². The van der Waals surface area contributed by atoms with Gasteiger partial charge in [-0.05, 0) is 65.1 Å². The Hall–Kier alpha value is -4.49. The number of anilines is 1. The molecular formula is C38H43F2N4O7PS. The largest absolute Gasteiger partial charge is 0.399 e. The number of hydrogen-bond acceptors (Lipinski definition) is 6. The second-order valence-corrected chi connectivity index (χ2v) is 17.1. The quantitative estimate of drug-likeness (QED) is 0.149. The van der Waals surface area contributed by atoms with Gasteiger partial charge in [0.15, 0.2) is 0 Å². The normalized spacial score (nSPS) is 15.6. The first-order chi connectivity index (χ1) is 24.8. The van der Waals surface area contributed by atoms with Gasteiger partial charge in [-0.25, -0.2) is 0 Å². The molecule has 3 N–H and O–H groups in total. The number of amides is 4. The van der Waals surface area contributed by atoms with Crippen LogP contribution in [0.2, 0.25) is 0 Å². The lowest BCUT2D eigenvalue weighted by Gasteiger charge is -2.36. The Balaban J connectivity index is 1.39. The molecule has 3 aromatic carbocycles. The minimum absolute atomic E-state index is 0.0636. The topological polar surface area (TPSA) is 148 Å². The van der Waals surface area contributed by atoms with E-state index in [1.54, 1.807) is 39.8 Å². The van der Waals surface area contributed by atoms with Crippen LogP contribution in [0.15, 0.2) is 78.9 Å². The Kier molecular flexibility index (Phi) is 11.6. The van der Waals surface area contributed by atoms with E-state index in [9.17, 15) is 32.5 Å². The molecule has 0 bridgehead atoms. The SMILES string of the molecule is CN(C)C(=O)CCN(C(=O)[C@@H]1CCCN1C(=O)C(NC(=O)c1cc2cc(C(F)(F)P(=O)(O)O)ccc2s1)C(C)(C)C)c1ccc(-c2ccccc2)cc1. The highest BCUT2D eigenvalue weighted by atomic mass is 32.1. The van der Waals surface area contributed by atoms with Crippen molar-refractivity contribution in [3.05, 3.63) is 89.3 Å². The molecule has 4 amide bonds. The fourth-order valence-electron chi connectivity index (χ4n) is 6.26. The third-order valence-corrected chi connectivity index (χ3v) is 11.4. The predicted octanol–water partition coefficient (Wildman–Crippen LogP) is 6.44. The number of nitrogens with zero attached hydrogens (tertiary/aromatic N) is 3. The number of fused-ring (bicyclic) bond motifs is 1.